The molecule has 0 aliphatic carbocycles. The second kappa shape index (κ2) is 5.69. The third-order valence-corrected chi connectivity index (χ3v) is 5.72. The van der Waals surface area contributed by atoms with Crippen LogP contribution in [0.4, 0.5) is 0 Å². The number of methoxy groups -OCH3 is 1. The number of ether oxygens (including phenoxy) is 1. The first kappa shape index (κ1) is 14.6. The molecule has 0 spiro atoms. The summed E-state index contributed by atoms with van der Waals surface area (Å²) in [6, 6.07) is 3.15. The van der Waals surface area contributed by atoms with Crippen molar-refractivity contribution in [3.8, 4) is 5.75 Å². The van der Waals surface area contributed by atoms with Crippen molar-refractivity contribution in [3.05, 3.63) is 22.7 Å². The average Bonchev–Trinajstić information content (AvgIpc) is 2.41. The molecule has 0 aromatic heterocycles. The summed E-state index contributed by atoms with van der Waals surface area (Å²) in [7, 11) is -1.93. The molecule has 4 nitrogen and oxygen atoms in total. The van der Waals surface area contributed by atoms with Crippen LogP contribution in [0.3, 0.4) is 0 Å². The Hall–Kier alpha value is -0.780. The van der Waals surface area contributed by atoms with E-state index >= 15 is 0 Å². The van der Waals surface area contributed by atoms with E-state index in [2.05, 4.69) is 0 Å². The molecule has 1 aliphatic rings. The van der Waals surface area contributed by atoms with Gasteiger partial charge in [0, 0.05) is 13.1 Å². The zero-order valence-electron chi connectivity index (χ0n) is 11.1. The molecule has 0 saturated carbocycles. The van der Waals surface area contributed by atoms with Gasteiger partial charge in [0.2, 0.25) is 10.0 Å². The maximum absolute atomic E-state index is 12.6. The number of rotatable bonds is 3. The summed E-state index contributed by atoms with van der Waals surface area (Å²) in [6.07, 6.45) is 2.93. The number of nitrogens with zero attached hydrogens (tertiary/aromatic N) is 1. The second-order valence-corrected chi connectivity index (χ2v) is 7.03. The highest BCUT2D eigenvalue weighted by Gasteiger charge is 2.28. The van der Waals surface area contributed by atoms with E-state index in [1.807, 2.05) is 0 Å². The summed E-state index contributed by atoms with van der Waals surface area (Å²) >= 11 is 6.04. The minimum atomic E-state index is -3.45. The largest absolute Gasteiger partial charge is 0.495 e. The molecule has 1 aliphatic heterocycles. The van der Waals surface area contributed by atoms with E-state index in [0.29, 0.717) is 29.4 Å². The molecule has 106 valence electrons. The van der Waals surface area contributed by atoms with Crippen LogP contribution in [0, 0.1) is 6.92 Å². The third kappa shape index (κ3) is 2.88. The summed E-state index contributed by atoms with van der Waals surface area (Å²) in [5, 5.41) is 0.323. The Morgan fingerprint density at radius 1 is 1.21 bits per heavy atom. The average molecular weight is 304 g/mol. The number of sulfonamides is 1. The van der Waals surface area contributed by atoms with Gasteiger partial charge in [-0.05, 0) is 37.5 Å². The molecule has 19 heavy (non-hydrogen) atoms. The summed E-state index contributed by atoms with van der Waals surface area (Å²) in [5.41, 5.74) is 0.659. The van der Waals surface area contributed by atoms with Gasteiger partial charge in [0.25, 0.3) is 0 Å². The molecule has 6 heteroatoms. The van der Waals surface area contributed by atoms with Gasteiger partial charge in [-0.1, -0.05) is 18.0 Å². The van der Waals surface area contributed by atoms with Crippen LogP contribution < -0.4 is 4.74 Å². The van der Waals surface area contributed by atoms with Crippen LogP contribution in [-0.2, 0) is 10.0 Å². The zero-order chi connectivity index (χ0) is 14.0. The Kier molecular flexibility index (Phi) is 4.38. The standard InChI is InChI=1S/C13H18ClNO3S/c1-10-8-12(18-2)11(14)9-13(10)19(16,17)15-6-4-3-5-7-15/h8-9H,3-7H2,1-2H3. The minimum Gasteiger partial charge on any atom is -0.495 e. The molecule has 0 bridgehead atoms. The van der Waals surface area contributed by atoms with E-state index in [1.165, 1.54) is 13.2 Å². The fourth-order valence-electron chi connectivity index (χ4n) is 2.32. The van der Waals surface area contributed by atoms with Gasteiger partial charge in [-0.15, -0.1) is 0 Å². The van der Waals surface area contributed by atoms with Crippen LogP contribution in [0.2, 0.25) is 5.02 Å². The zero-order valence-corrected chi connectivity index (χ0v) is 12.7. The first-order valence-electron chi connectivity index (χ1n) is 6.31. The molecule has 1 aromatic rings. The van der Waals surface area contributed by atoms with Gasteiger partial charge in [-0.2, -0.15) is 4.31 Å². The maximum Gasteiger partial charge on any atom is 0.243 e. The van der Waals surface area contributed by atoms with Gasteiger partial charge in [-0.25, -0.2) is 8.42 Å². The van der Waals surface area contributed by atoms with Crippen molar-refractivity contribution in [2.24, 2.45) is 0 Å². The Bertz CT molecular complexity index is 565. The topological polar surface area (TPSA) is 46.6 Å². The lowest BCUT2D eigenvalue weighted by Gasteiger charge is -2.26. The Labute approximate surface area is 119 Å². The molecular formula is C13H18ClNO3S. The van der Waals surface area contributed by atoms with Gasteiger partial charge in [0.1, 0.15) is 5.75 Å². The number of benzene rings is 1. The lowest BCUT2D eigenvalue weighted by atomic mass is 10.2. The van der Waals surface area contributed by atoms with E-state index in [1.54, 1.807) is 17.3 Å². The van der Waals surface area contributed by atoms with Gasteiger partial charge < -0.3 is 4.74 Å². The summed E-state index contributed by atoms with van der Waals surface area (Å²) in [6.45, 7) is 2.94. The Balaban J connectivity index is 2.42. The van der Waals surface area contributed by atoms with Crippen LogP contribution in [0.1, 0.15) is 24.8 Å². The molecule has 1 fully saturated rings. The monoisotopic (exact) mass is 303 g/mol. The van der Waals surface area contributed by atoms with E-state index in [9.17, 15) is 8.42 Å². The molecule has 0 N–H and O–H groups in total. The predicted molar refractivity (Wildman–Crippen MR) is 75.4 cm³/mol. The molecule has 1 saturated heterocycles. The highest BCUT2D eigenvalue weighted by atomic mass is 35.5. The smallest absolute Gasteiger partial charge is 0.243 e. The van der Waals surface area contributed by atoms with Gasteiger partial charge in [0.05, 0.1) is 17.0 Å². The Morgan fingerprint density at radius 2 is 1.84 bits per heavy atom. The highest BCUT2D eigenvalue weighted by Crippen LogP contribution is 2.32. The lowest BCUT2D eigenvalue weighted by molar-refractivity contribution is 0.346. The number of halogens is 1. The van der Waals surface area contributed by atoms with Crippen molar-refractivity contribution in [1.82, 2.24) is 4.31 Å². The van der Waals surface area contributed by atoms with E-state index < -0.39 is 10.0 Å². The van der Waals surface area contributed by atoms with Gasteiger partial charge >= 0.3 is 0 Å². The van der Waals surface area contributed by atoms with Crippen LogP contribution in [0.25, 0.3) is 0 Å². The minimum absolute atomic E-state index is 0.278. The van der Waals surface area contributed by atoms with Crippen LogP contribution >= 0.6 is 11.6 Å². The van der Waals surface area contributed by atoms with E-state index in [0.717, 1.165) is 19.3 Å². The summed E-state index contributed by atoms with van der Waals surface area (Å²) in [4.78, 5) is 0.278. The van der Waals surface area contributed by atoms with Crippen molar-refractivity contribution in [2.45, 2.75) is 31.1 Å². The second-order valence-electron chi connectivity index (χ2n) is 4.72. The number of hydrogen-bond acceptors (Lipinski definition) is 3. The third-order valence-electron chi connectivity index (χ3n) is 3.38. The fourth-order valence-corrected chi connectivity index (χ4v) is 4.37. The van der Waals surface area contributed by atoms with Crippen molar-refractivity contribution in [3.63, 3.8) is 0 Å². The first-order valence-corrected chi connectivity index (χ1v) is 8.13. The van der Waals surface area contributed by atoms with Crippen molar-refractivity contribution < 1.29 is 13.2 Å². The first-order chi connectivity index (χ1) is 8.96. The molecule has 2 rings (SSSR count). The predicted octanol–water partition coefficient (Wildman–Crippen LogP) is 2.83. The number of piperidine rings is 1. The van der Waals surface area contributed by atoms with Crippen LogP contribution in [0.5, 0.6) is 5.75 Å². The number of hydrogen-bond donors (Lipinski definition) is 0. The van der Waals surface area contributed by atoms with Crippen molar-refractivity contribution >= 4 is 21.6 Å². The molecule has 1 aromatic carbocycles. The number of aryl methyl sites for hydroxylation is 1. The van der Waals surface area contributed by atoms with E-state index in [-0.39, 0.29) is 4.90 Å². The van der Waals surface area contributed by atoms with Crippen LogP contribution in [0.15, 0.2) is 17.0 Å². The molecule has 0 amide bonds. The molecule has 0 unspecified atom stereocenters. The molecule has 1 heterocycles. The van der Waals surface area contributed by atoms with Crippen molar-refractivity contribution in [1.29, 1.82) is 0 Å². The quantitative estimate of drug-likeness (QED) is 0.862. The summed E-state index contributed by atoms with van der Waals surface area (Å²) in [5.74, 6) is 0.497. The van der Waals surface area contributed by atoms with Gasteiger partial charge in [0.15, 0.2) is 0 Å². The fraction of sp³-hybridized carbons (Fsp3) is 0.538. The van der Waals surface area contributed by atoms with Gasteiger partial charge in [-0.3, -0.25) is 0 Å². The molecule has 0 atom stereocenters. The lowest BCUT2D eigenvalue weighted by Crippen LogP contribution is -2.35. The highest BCUT2D eigenvalue weighted by molar-refractivity contribution is 7.89. The van der Waals surface area contributed by atoms with Crippen LogP contribution in [-0.4, -0.2) is 32.9 Å². The molecule has 0 radical (unpaired) electrons. The maximum atomic E-state index is 12.6. The SMILES string of the molecule is COc1cc(C)c(S(=O)(=O)N2CCCCC2)cc1Cl. The summed E-state index contributed by atoms with van der Waals surface area (Å²) < 4.78 is 31.8. The van der Waals surface area contributed by atoms with Crippen molar-refractivity contribution in [2.75, 3.05) is 20.2 Å². The van der Waals surface area contributed by atoms with E-state index in [4.69, 9.17) is 16.3 Å². The molecular weight excluding hydrogens is 286 g/mol. The Morgan fingerprint density at radius 3 is 2.42 bits per heavy atom. The normalized spacial score (nSPS) is 17.4.